The van der Waals surface area contributed by atoms with Crippen LogP contribution in [0.4, 0.5) is 0 Å². The fraction of sp³-hybridized carbons (Fsp3) is 0.133. The third kappa shape index (κ3) is 2.71. The summed E-state index contributed by atoms with van der Waals surface area (Å²) in [7, 11) is 1.69. The first-order valence-corrected chi connectivity index (χ1v) is 5.90. The number of halogens is 1. The van der Waals surface area contributed by atoms with Crippen LogP contribution in [0.15, 0.2) is 48.9 Å². The summed E-state index contributed by atoms with van der Waals surface area (Å²) in [4.78, 5) is 7.43. The van der Waals surface area contributed by atoms with Crippen molar-refractivity contribution in [3.63, 3.8) is 0 Å². The molecule has 3 aromatic rings. The maximum atomic E-state index is 5.27. The van der Waals surface area contributed by atoms with Gasteiger partial charge in [0.2, 0.25) is 0 Å². The molecule has 3 rings (SSSR count). The summed E-state index contributed by atoms with van der Waals surface area (Å²) < 4.78 is 5.27. The van der Waals surface area contributed by atoms with Gasteiger partial charge in [-0.2, -0.15) is 0 Å². The molecule has 0 saturated heterocycles. The van der Waals surface area contributed by atoms with Gasteiger partial charge in [-0.3, -0.25) is 4.98 Å². The number of rotatable bonds is 3. The van der Waals surface area contributed by atoms with E-state index in [9.17, 15) is 0 Å². The standard InChI is InChI=1S/C15H14N2O.ClH/c1-18-13-4-5-15-14(8-13)12(10-17-15)7-11-3-2-6-16-9-11;/h2-6,8-10,17H,7H2,1H3;1H. The monoisotopic (exact) mass is 274 g/mol. The number of aromatic nitrogens is 2. The van der Waals surface area contributed by atoms with Crippen LogP contribution in [0, 0.1) is 0 Å². The molecular formula is C15H15ClN2O. The number of methoxy groups -OCH3 is 1. The van der Waals surface area contributed by atoms with Crippen LogP contribution in [0.1, 0.15) is 11.1 Å². The number of hydrogen-bond donors (Lipinski definition) is 1. The molecule has 19 heavy (non-hydrogen) atoms. The first kappa shape index (κ1) is 13.4. The number of aromatic amines is 1. The number of nitrogens with one attached hydrogen (secondary N) is 1. The Morgan fingerprint density at radius 3 is 2.89 bits per heavy atom. The Morgan fingerprint density at radius 1 is 1.26 bits per heavy atom. The minimum absolute atomic E-state index is 0. The molecule has 0 aliphatic heterocycles. The molecule has 4 heteroatoms. The summed E-state index contributed by atoms with van der Waals surface area (Å²) in [5.74, 6) is 0.884. The van der Waals surface area contributed by atoms with E-state index in [1.807, 2.05) is 24.4 Å². The molecule has 0 unspecified atom stereocenters. The second kappa shape index (κ2) is 5.76. The topological polar surface area (TPSA) is 37.9 Å². The van der Waals surface area contributed by atoms with E-state index in [0.717, 1.165) is 17.7 Å². The Hall–Kier alpha value is -2.00. The van der Waals surface area contributed by atoms with E-state index in [1.165, 1.54) is 16.5 Å². The van der Waals surface area contributed by atoms with Gasteiger partial charge in [-0.25, -0.2) is 0 Å². The van der Waals surface area contributed by atoms with Gasteiger partial charge in [0.15, 0.2) is 0 Å². The van der Waals surface area contributed by atoms with Crippen LogP contribution >= 0.6 is 12.4 Å². The number of ether oxygens (including phenoxy) is 1. The zero-order valence-electron chi connectivity index (χ0n) is 10.6. The number of hydrogen-bond acceptors (Lipinski definition) is 2. The first-order chi connectivity index (χ1) is 8.86. The smallest absolute Gasteiger partial charge is 0.119 e. The lowest BCUT2D eigenvalue weighted by molar-refractivity contribution is 0.415. The SMILES string of the molecule is COc1ccc2[nH]cc(Cc3cccnc3)c2c1.Cl. The van der Waals surface area contributed by atoms with Gasteiger partial charge in [0.1, 0.15) is 5.75 Å². The maximum Gasteiger partial charge on any atom is 0.119 e. The Kier molecular flexibility index (Phi) is 4.07. The van der Waals surface area contributed by atoms with Gasteiger partial charge in [-0.1, -0.05) is 6.07 Å². The van der Waals surface area contributed by atoms with Crippen LogP contribution in [0.2, 0.25) is 0 Å². The minimum Gasteiger partial charge on any atom is -0.497 e. The maximum absolute atomic E-state index is 5.27. The molecule has 0 atom stereocenters. The molecule has 1 aromatic carbocycles. The lowest BCUT2D eigenvalue weighted by Gasteiger charge is -2.02. The number of H-pyrrole nitrogens is 1. The van der Waals surface area contributed by atoms with Crippen LogP contribution in [0.5, 0.6) is 5.75 Å². The van der Waals surface area contributed by atoms with E-state index < -0.39 is 0 Å². The van der Waals surface area contributed by atoms with E-state index in [1.54, 1.807) is 13.3 Å². The van der Waals surface area contributed by atoms with Crippen molar-refractivity contribution >= 4 is 23.3 Å². The fourth-order valence-corrected chi connectivity index (χ4v) is 2.15. The van der Waals surface area contributed by atoms with E-state index in [0.29, 0.717) is 0 Å². The fourth-order valence-electron chi connectivity index (χ4n) is 2.15. The van der Waals surface area contributed by atoms with Gasteiger partial charge >= 0.3 is 0 Å². The number of benzene rings is 1. The molecule has 0 aliphatic carbocycles. The molecule has 0 bridgehead atoms. The quantitative estimate of drug-likeness (QED) is 0.793. The summed E-state index contributed by atoms with van der Waals surface area (Å²) in [5, 5.41) is 1.21. The largest absolute Gasteiger partial charge is 0.497 e. The zero-order valence-corrected chi connectivity index (χ0v) is 11.4. The molecule has 98 valence electrons. The van der Waals surface area contributed by atoms with Crippen molar-refractivity contribution in [2.75, 3.05) is 7.11 Å². The molecule has 0 amide bonds. The molecule has 0 spiro atoms. The summed E-state index contributed by atoms with van der Waals surface area (Å²) in [6, 6.07) is 10.1. The lowest BCUT2D eigenvalue weighted by Crippen LogP contribution is -1.88. The van der Waals surface area contributed by atoms with Crippen molar-refractivity contribution in [2.24, 2.45) is 0 Å². The summed E-state index contributed by atoms with van der Waals surface area (Å²) >= 11 is 0. The molecule has 3 nitrogen and oxygen atoms in total. The molecule has 2 heterocycles. The Labute approximate surface area is 118 Å². The highest BCUT2D eigenvalue weighted by Crippen LogP contribution is 2.25. The summed E-state index contributed by atoms with van der Waals surface area (Å²) in [6.07, 6.45) is 6.62. The van der Waals surface area contributed by atoms with Crippen LogP contribution in [0.25, 0.3) is 10.9 Å². The van der Waals surface area contributed by atoms with Crippen molar-refractivity contribution in [1.82, 2.24) is 9.97 Å². The second-order valence-electron chi connectivity index (χ2n) is 4.26. The van der Waals surface area contributed by atoms with Gasteiger partial charge < -0.3 is 9.72 Å². The number of fused-ring (bicyclic) bond motifs is 1. The van der Waals surface area contributed by atoms with Gasteiger partial charge in [-0.05, 0) is 35.4 Å². The first-order valence-electron chi connectivity index (χ1n) is 5.90. The molecule has 0 aliphatic rings. The third-order valence-corrected chi connectivity index (χ3v) is 3.09. The van der Waals surface area contributed by atoms with Gasteiger partial charge in [0.25, 0.3) is 0 Å². The molecule has 2 aromatic heterocycles. The van der Waals surface area contributed by atoms with E-state index in [-0.39, 0.29) is 12.4 Å². The van der Waals surface area contributed by atoms with Crippen molar-refractivity contribution < 1.29 is 4.74 Å². The second-order valence-corrected chi connectivity index (χ2v) is 4.26. The number of pyridine rings is 1. The average molecular weight is 275 g/mol. The van der Waals surface area contributed by atoms with Crippen LogP contribution in [-0.4, -0.2) is 17.1 Å². The molecule has 1 N–H and O–H groups in total. The zero-order chi connectivity index (χ0) is 12.4. The molecule has 0 saturated carbocycles. The Morgan fingerprint density at radius 2 is 2.16 bits per heavy atom. The van der Waals surface area contributed by atoms with E-state index >= 15 is 0 Å². The van der Waals surface area contributed by atoms with Crippen LogP contribution in [0.3, 0.4) is 0 Å². The molecule has 0 radical (unpaired) electrons. The average Bonchev–Trinajstić information content (AvgIpc) is 2.82. The molecular weight excluding hydrogens is 260 g/mol. The van der Waals surface area contributed by atoms with Gasteiger partial charge in [0.05, 0.1) is 7.11 Å². The van der Waals surface area contributed by atoms with Gasteiger partial charge in [-0.15, -0.1) is 12.4 Å². The van der Waals surface area contributed by atoms with E-state index in [4.69, 9.17) is 4.74 Å². The summed E-state index contributed by atoms with van der Waals surface area (Å²) in [6.45, 7) is 0. The van der Waals surface area contributed by atoms with Crippen molar-refractivity contribution in [1.29, 1.82) is 0 Å². The third-order valence-electron chi connectivity index (χ3n) is 3.09. The normalized spacial score (nSPS) is 10.2. The lowest BCUT2D eigenvalue weighted by atomic mass is 10.1. The predicted octanol–water partition coefficient (Wildman–Crippen LogP) is 3.58. The van der Waals surface area contributed by atoms with Gasteiger partial charge in [0, 0.05) is 35.9 Å². The summed E-state index contributed by atoms with van der Waals surface area (Å²) in [5.41, 5.74) is 3.60. The highest BCUT2D eigenvalue weighted by atomic mass is 35.5. The molecule has 0 fully saturated rings. The van der Waals surface area contributed by atoms with Crippen molar-refractivity contribution in [2.45, 2.75) is 6.42 Å². The highest BCUT2D eigenvalue weighted by Gasteiger charge is 2.05. The Balaban J connectivity index is 0.00000133. The van der Waals surface area contributed by atoms with Crippen LogP contribution < -0.4 is 4.74 Å². The Bertz CT molecular complexity index is 664. The predicted molar refractivity (Wildman–Crippen MR) is 79.1 cm³/mol. The number of nitrogens with zero attached hydrogens (tertiary/aromatic N) is 1. The van der Waals surface area contributed by atoms with Crippen LogP contribution in [-0.2, 0) is 6.42 Å². The van der Waals surface area contributed by atoms with Crippen molar-refractivity contribution in [3.8, 4) is 5.75 Å². The highest BCUT2D eigenvalue weighted by molar-refractivity contribution is 5.85. The van der Waals surface area contributed by atoms with E-state index in [2.05, 4.69) is 28.3 Å². The van der Waals surface area contributed by atoms with Crippen molar-refractivity contribution in [3.05, 3.63) is 60.0 Å². The minimum atomic E-state index is 0.